The molecule has 1 unspecified atom stereocenters. The number of β-amino-alcohol motifs (C(OH)–C–C–N with tert-alkyl or cyclic N) is 1. The molecule has 1 aromatic rings. The summed E-state index contributed by atoms with van der Waals surface area (Å²) < 4.78 is 2.07. The molecule has 0 saturated carbocycles. The molecule has 78 valence electrons. The Kier molecular flexibility index (Phi) is 2.89. The van der Waals surface area contributed by atoms with Gasteiger partial charge < -0.3 is 9.67 Å². The fourth-order valence-electron chi connectivity index (χ4n) is 2.09. The van der Waals surface area contributed by atoms with Gasteiger partial charge in [0.1, 0.15) is 0 Å². The Morgan fingerprint density at radius 1 is 1.57 bits per heavy atom. The molecule has 14 heavy (non-hydrogen) atoms. The lowest BCUT2D eigenvalue weighted by Crippen LogP contribution is -2.37. The molecule has 1 fully saturated rings. The zero-order chi connectivity index (χ0) is 9.97. The number of hydrogen-bond acceptors (Lipinski definition) is 2. The predicted molar refractivity (Wildman–Crippen MR) is 55.9 cm³/mol. The van der Waals surface area contributed by atoms with Crippen molar-refractivity contribution in [1.29, 1.82) is 0 Å². The quantitative estimate of drug-likeness (QED) is 0.760. The Morgan fingerprint density at radius 3 is 3.07 bits per heavy atom. The molecule has 3 heteroatoms. The van der Waals surface area contributed by atoms with Crippen LogP contribution in [0.4, 0.5) is 0 Å². The zero-order valence-electron chi connectivity index (χ0n) is 8.69. The van der Waals surface area contributed by atoms with Gasteiger partial charge in [-0.15, -0.1) is 0 Å². The van der Waals surface area contributed by atoms with Crippen LogP contribution in [0.2, 0.25) is 0 Å². The number of aryl methyl sites for hydroxylation is 1. The second-order valence-electron chi connectivity index (χ2n) is 4.22. The maximum atomic E-state index is 9.52. The summed E-state index contributed by atoms with van der Waals surface area (Å²) in [6.07, 6.45) is 6.17. The fraction of sp³-hybridized carbons (Fsp3) is 0.636. The van der Waals surface area contributed by atoms with Gasteiger partial charge in [0, 0.05) is 32.5 Å². The van der Waals surface area contributed by atoms with E-state index in [0.29, 0.717) is 0 Å². The average molecular weight is 194 g/mol. The van der Waals surface area contributed by atoms with Gasteiger partial charge in [-0.2, -0.15) is 0 Å². The van der Waals surface area contributed by atoms with Gasteiger partial charge in [-0.05, 0) is 31.0 Å². The van der Waals surface area contributed by atoms with Crippen molar-refractivity contribution >= 4 is 0 Å². The summed E-state index contributed by atoms with van der Waals surface area (Å²) in [6, 6.07) is 2.14. The lowest BCUT2D eigenvalue weighted by molar-refractivity contribution is 0.0668. The Hall–Kier alpha value is -0.800. The van der Waals surface area contributed by atoms with Crippen molar-refractivity contribution in [2.45, 2.75) is 25.5 Å². The van der Waals surface area contributed by atoms with Gasteiger partial charge in [0.05, 0.1) is 6.10 Å². The molecule has 1 aliphatic heterocycles. The minimum Gasteiger partial charge on any atom is -0.392 e. The first kappa shape index (κ1) is 9.74. The van der Waals surface area contributed by atoms with E-state index in [9.17, 15) is 5.11 Å². The third kappa shape index (κ3) is 2.36. The molecule has 1 aromatic heterocycles. The Morgan fingerprint density at radius 2 is 2.43 bits per heavy atom. The lowest BCUT2D eigenvalue weighted by Gasteiger charge is -2.29. The number of hydrogen-bond donors (Lipinski definition) is 1. The van der Waals surface area contributed by atoms with E-state index in [0.717, 1.165) is 32.5 Å². The van der Waals surface area contributed by atoms with Crippen molar-refractivity contribution in [1.82, 2.24) is 9.47 Å². The van der Waals surface area contributed by atoms with E-state index in [-0.39, 0.29) is 6.10 Å². The summed E-state index contributed by atoms with van der Waals surface area (Å²) in [5.74, 6) is 0. The molecule has 0 amide bonds. The third-order valence-corrected chi connectivity index (χ3v) is 2.78. The fourth-order valence-corrected chi connectivity index (χ4v) is 2.09. The molecule has 3 nitrogen and oxygen atoms in total. The van der Waals surface area contributed by atoms with Crippen molar-refractivity contribution in [2.75, 3.05) is 13.1 Å². The first-order valence-corrected chi connectivity index (χ1v) is 5.25. The highest BCUT2D eigenvalue weighted by Crippen LogP contribution is 2.13. The third-order valence-electron chi connectivity index (χ3n) is 2.78. The van der Waals surface area contributed by atoms with Gasteiger partial charge in [0.2, 0.25) is 0 Å². The molecule has 1 saturated heterocycles. The van der Waals surface area contributed by atoms with Crippen LogP contribution in [0, 0.1) is 0 Å². The molecule has 1 atom stereocenters. The van der Waals surface area contributed by atoms with Crippen LogP contribution < -0.4 is 0 Å². The van der Waals surface area contributed by atoms with Crippen molar-refractivity contribution in [3.8, 4) is 0 Å². The van der Waals surface area contributed by atoms with E-state index >= 15 is 0 Å². The summed E-state index contributed by atoms with van der Waals surface area (Å²) in [5.41, 5.74) is 1.33. The van der Waals surface area contributed by atoms with Crippen LogP contribution in [-0.4, -0.2) is 33.8 Å². The molecule has 0 spiro atoms. The van der Waals surface area contributed by atoms with Crippen LogP contribution in [0.15, 0.2) is 18.5 Å². The highest BCUT2D eigenvalue weighted by atomic mass is 16.3. The number of rotatable bonds is 2. The van der Waals surface area contributed by atoms with Gasteiger partial charge in [-0.1, -0.05) is 0 Å². The standard InChI is InChI=1S/C11H18N2O/c1-12-6-4-10(7-12)8-13-5-2-3-11(14)9-13/h4,6-7,11,14H,2-3,5,8-9H2,1H3. The van der Waals surface area contributed by atoms with Gasteiger partial charge in [0.25, 0.3) is 0 Å². The molecule has 2 heterocycles. The largest absolute Gasteiger partial charge is 0.392 e. The monoisotopic (exact) mass is 194 g/mol. The van der Waals surface area contributed by atoms with Gasteiger partial charge in [-0.3, -0.25) is 4.90 Å². The number of piperidine rings is 1. The number of nitrogens with zero attached hydrogens (tertiary/aromatic N) is 2. The lowest BCUT2D eigenvalue weighted by atomic mass is 10.1. The SMILES string of the molecule is Cn1ccc(CN2CCCC(O)C2)c1. The van der Waals surface area contributed by atoms with Crippen LogP contribution in [0.3, 0.4) is 0 Å². The number of aliphatic hydroxyl groups is 1. The minimum absolute atomic E-state index is 0.118. The van der Waals surface area contributed by atoms with E-state index < -0.39 is 0 Å². The molecule has 2 rings (SSSR count). The summed E-state index contributed by atoms with van der Waals surface area (Å²) in [4.78, 5) is 2.32. The van der Waals surface area contributed by atoms with E-state index in [1.807, 2.05) is 7.05 Å². The van der Waals surface area contributed by atoms with Gasteiger partial charge >= 0.3 is 0 Å². The van der Waals surface area contributed by atoms with Crippen molar-refractivity contribution in [2.24, 2.45) is 7.05 Å². The van der Waals surface area contributed by atoms with Crippen LogP contribution in [0.1, 0.15) is 18.4 Å². The number of aromatic nitrogens is 1. The second kappa shape index (κ2) is 4.15. The van der Waals surface area contributed by atoms with E-state index in [4.69, 9.17) is 0 Å². The first-order valence-electron chi connectivity index (χ1n) is 5.25. The Labute approximate surface area is 85.0 Å². The van der Waals surface area contributed by atoms with E-state index in [2.05, 4.69) is 27.9 Å². The van der Waals surface area contributed by atoms with E-state index in [1.54, 1.807) is 0 Å². The molecular formula is C11H18N2O. The molecule has 1 aliphatic rings. The van der Waals surface area contributed by atoms with Gasteiger partial charge in [0.15, 0.2) is 0 Å². The highest BCUT2D eigenvalue weighted by molar-refractivity contribution is 5.09. The minimum atomic E-state index is -0.118. The first-order chi connectivity index (χ1) is 6.74. The zero-order valence-corrected chi connectivity index (χ0v) is 8.69. The molecule has 0 radical (unpaired) electrons. The summed E-state index contributed by atoms with van der Waals surface area (Å²) in [6.45, 7) is 2.92. The molecular weight excluding hydrogens is 176 g/mol. The Bertz CT molecular complexity index is 295. The van der Waals surface area contributed by atoms with Crippen LogP contribution in [0.25, 0.3) is 0 Å². The summed E-state index contributed by atoms with van der Waals surface area (Å²) >= 11 is 0. The molecule has 0 bridgehead atoms. The van der Waals surface area contributed by atoms with Crippen molar-refractivity contribution < 1.29 is 5.11 Å². The summed E-state index contributed by atoms with van der Waals surface area (Å²) in [7, 11) is 2.04. The van der Waals surface area contributed by atoms with Gasteiger partial charge in [-0.25, -0.2) is 0 Å². The summed E-state index contributed by atoms with van der Waals surface area (Å²) in [5, 5.41) is 9.52. The van der Waals surface area contributed by atoms with Crippen LogP contribution >= 0.6 is 0 Å². The number of aliphatic hydroxyl groups excluding tert-OH is 1. The normalized spacial score (nSPS) is 24.0. The van der Waals surface area contributed by atoms with Crippen LogP contribution in [-0.2, 0) is 13.6 Å². The average Bonchev–Trinajstić information content (AvgIpc) is 2.51. The Balaban J connectivity index is 1.90. The molecule has 1 N–H and O–H groups in total. The van der Waals surface area contributed by atoms with E-state index in [1.165, 1.54) is 5.56 Å². The second-order valence-corrected chi connectivity index (χ2v) is 4.22. The maximum Gasteiger partial charge on any atom is 0.0667 e. The topological polar surface area (TPSA) is 28.4 Å². The predicted octanol–water partition coefficient (Wildman–Crippen LogP) is 0.982. The number of likely N-dealkylation sites (tertiary alicyclic amines) is 1. The van der Waals surface area contributed by atoms with Crippen molar-refractivity contribution in [3.63, 3.8) is 0 Å². The smallest absolute Gasteiger partial charge is 0.0667 e. The highest BCUT2D eigenvalue weighted by Gasteiger charge is 2.17. The maximum absolute atomic E-state index is 9.52. The van der Waals surface area contributed by atoms with Crippen molar-refractivity contribution in [3.05, 3.63) is 24.0 Å². The molecule has 0 aromatic carbocycles. The van der Waals surface area contributed by atoms with Crippen LogP contribution in [0.5, 0.6) is 0 Å². The molecule has 0 aliphatic carbocycles.